The fraction of sp³-hybridized carbons (Fsp3) is 0.857. The maximum atomic E-state index is 10.1. The van der Waals surface area contributed by atoms with E-state index in [-0.39, 0.29) is 6.61 Å². The zero-order chi connectivity index (χ0) is 9.19. The summed E-state index contributed by atoms with van der Waals surface area (Å²) in [6.45, 7) is 3.80. The van der Waals surface area contributed by atoms with E-state index in [0.29, 0.717) is 6.42 Å². The normalized spacial score (nSPS) is 35.0. The molecule has 0 amide bonds. The minimum absolute atomic E-state index is 0.163. The van der Waals surface area contributed by atoms with E-state index in [1.165, 1.54) is 0 Å². The smallest absolute Gasteiger partial charge is 0.450 e. The van der Waals surface area contributed by atoms with Crippen LogP contribution in [0.3, 0.4) is 0 Å². The van der Waals surface area contributed by atoms with Gasteiger partial charge in [0.1, 0.15) is 6.61 Å². The van der Waals surface area contributed by atoms with Crippen LogP contribution in [0.4, 0.5) is 4.79 Å². The van der Waals surface area contributed by atoms with E-state index in [0.717, 1.165) is 0 Å². The molecule has 1 N–H and O–H groups in total. The first kappa shape index (κ1) is 9.28. The molecule has 2 unspecified atom stereocenters. The van der Waals surface area contributed by atoms with Crippen molar-refractivity contribution in [2.24, 2.45) is 0 Å². The van der Waals surface area contributed by atoms with E-state index < -0.39 is 18.2 Å². The fourth-order valence-electron chi connectivity index (χ4n) is 0.946. The Morgan fingerprint density at radius 1 is 1.83 bits per heavy atom. The van der Waals surface area contributed by atoms with Gasteiger partial charge in [-0.25, -0.2) is 4.79 Å². The molecule has 0 saturated carbocycles. The fourth-order valence-corrected chi connectivity index (χ4v) is 0.946. The molecule has 70 valence electrons. The van der Waals surface area contributed by atoms with Gasteiger partial charge in [-0.3, -0.25) is 0 Å². The second kappa shape index (κ2) is 3.28. The first-order valence-electron chi connectivity index (χ1n) is 3.77. The van der Waals surface area contributed by atoms with Crippen molar-refractivity contribution in [1.82, 2.24) is 0 Å². The highest BCUT2D eigenvalue weighted by Gasteiger charge is 2.37. The Hall–Kier alpha value is -0.810. The molecule has 0 radical (unpaired) electrons. The summed E-state index contributed by atoms with van der Waals surface area (Å²) in [4.78, 5) is 10.1. The molecule has 1 fully saturated rings. The summed E-state index contributed by atoms with van der Waals surface area (Å²) in [5, 5.41) is 8.26. The van der Waals surface area contributed by atoms with Crippen LogP contribution in [0.2, 0.25) is 0 Å². The van der Waals surface area contributed by atoms with Crippen LogP contribution in [-0.2, 0) is 14.2 Å². The molecule has 0 spiro atoms. The number of hydrogen-bond donors (Lipinski definition) is 1. The zero-order valence-corrected chi connectivity index (χ0v) is 7.07. The van der Waals surface area contributed by atoms with Gasteiger partial charge in [0.2, 0.25) is 6.29 Å². The molecule has 0 aliphatic carbocycles. The molecule has 5 heteroatoms. The highest BCUT2D eigenvalue weighted by molar-refractivity contribution is 5.56. The topological polar surface area (TPSA) is 65.0 Å². The summed E-state index contributed by atoms with van der Waals surface area (Å²) in [6, 6.07) is 0. The molecule has 0 aromatic rings. The maximum absolute atomic E-state index is 10.1. The van der Waals surface area contributed by atoms with Gasteiger partial charge in [0.15, 0.2) is 5.79 Å². The molecule has 1 aliphatic rings. The van der Waals surface area contributed by atoms with Crippen LogP contribution in [0.25, 0.3) is 0 Å². The van der Waals surface area contributed by atoms with Gasteiger partial charge < -0.3 is 19.3 Å². The second-order valence-corrected chi connectivity index (χ2v) is 2.73. The van der Waals surface area contributed by atoms with Crippen LogP contribution >= 0.6 is 0 Å². The van der Waals surface area contributed by atoms with Gasteiger partial charge in [-0.1, -0.05) is 6.92 Å². The third kappa shape index (κ3) is 2.09. The summed E-state index contributed by atoms with van der Waals surface area (Å²) in [5.41, 5.74) is 0. The molecule has 0 aromatic carbocycles. The molecule has 1 heterocycles. The number of hydrogen-bond acceptors (Lipinski definition) is 4. The lowest BCUT2D eigenvalue weighted by Gasteiger charge is -2.19. The third-order valence-corrected chi connectivity index (χ3v) is 1.78. The van der Waals surface area contributed by atoms with Gasteiger partial charge in [0.05, 0.1) is 0 Å². The van der Waals surface area contributed by atoms with Crippen molar-refractivity contribution in [3.8, 4) is 0 Å². The van der Waals surface area contributed by atoms with Gasteiger partial charge in [-0.15, -0.1) is 0 Å². The second-order valence-electron chi connectivity index (χ2n) is 2.73. The largest absolute Gasteiger partial charge is 0.508 e. The average Bonchev–Trinajstić information content (AvgIpc) is 2.32. The number of carboxylic acid groups (broad SMARTS) is 1. The maximum Gasteiger partial charge on any atom is 0.508 e. The molecule has 1 rings (SSSR count). The number of carbonyl (C=O) groups is 1. The van der Waals surface area contributed by atoms with E-state index in [4.69, 9.17) is 14.6 Å². The summed E-state index contributed by atoms with van der Waals surface area (Å²) >= 11 is 0. The monoisotopic (exact) mass is 176 g/mol. The molecular weight excluding hydrogens is 164 g/mol. The molecular formula is C7H12O5. The highest BCUT2D eigenvalue weighted by atomic mass is 16.8. The summed E-state index contributed by atoms with van der Waals surface area (Å²) in [6.07, 6.45) is -1.47. The predicted octanol–water partition coefficient (Wildman–Crippen LogP) is 1.18. The molecule has 12 heavy (non-hydrogen) atoms. The Kier molecular flexibility index (Phi) is 2.54. The number of ether oxygens (including phenoxy) is 3. The first-order chi connectivity index (χ1) is 5.56. The Morgan fingerprint density at radius 2 is 2.50 bits per heavy atom. The van der Waals surface area contributed by atoms with Crippen molar-refractivity contribution in [3.63, 3.8) is 0 Å². The summed E-state index contributed by atoms with van der Waals surface area (Å²) in [7, 11) is 0. The summed E-state index contributed by atoms with van der Waals surface area (Å²) in [5.74, 6) is -0.694. The zero-order valence-electron chi connectivity index (χ0n) is 7.07. The third-order valence-electron chi connectivity index (χ3n) is 1.78. The minimum atomic E-state index is -1.34. The van der Waals surface area contributed by atoms with Gasteiger partial charge in [-0.05, 0) is 13.3 Å². The minimum Gasteiger partial charge on any atom is -0.450 e. The van der Waals surface area contributed by atoms with Crippen molar-refractivity contribution >= 4 is 6.16 Å². The van der Waals surface area contributed by atoms with Crippen LogP contribution < -0.4 is 0 Å². The van der Waals surface area contributed by atoms with Crippen LogP contribution in [0.15, 0.2) is 0 Å². The Morgan fingerprint density at radius 3 is 2.92 bits per heavy atom. The van der Waals surface area contributed by atoms with Crippen molar-refractivity contribution in [1.29, 1.82) is 0 Å². The molecule has 1 saturated heterocycles. The lowest BCUT2D eigenvalue weighted by molar-refractivity contribution is -0.190. The van der Waals surface area contributed by atoms with E-state index in [2.05, 4.69) is 4.74 Å². The lowest BCUT2D eigenvalue weighted by Crippen LogP contribution is -2.26. The molecule has 1 aliphatic heterocycles. The van der Waals surface area contributed by atoms with E-state index in [9.17, 15) is 4.79 Å². The number of rotatable bonds is 2. The van der Waals surface area contributed by atoms with Gasteiger partial charge in [0, 0.05) is 0 Å². The van der Waals surface area contributed by atoms with Crippen molar-refractivity contribution < 1.29 is 24.1 Å². The SMILES string of the molecule is CCC1(C)OCC(OC(=O)O)O1. The Bertz CT molecular complexity index is 181. The highest BCUT2D eigenvalue weighted by Crippen LogP contribution is 2.26. The van der Waals surface area contributed by atoms with Crippen LogP contribution in [-0.4, -0.2) is 29.9 Å². The van der Waals surface area contributed by atoms with Crippen molar-refractivity contribution in [2.75, 3.05) is 6.61 Å². The van der Waals surface area contributed by atoms with E-state index >= 15 is 0 Å². The first-order valence-corrected chi connectivity index (χ1v) is 3.77. The molecule has 2 atom stereocenters. The molecule has 0 bridgehead atoms. The van der Waals surface area contributed by atoms with Crippen molar-refractivity contribution in [3.05, 3.63) is 0 Å². The standard InChI is InChI=1S/C7H12O5/c1-3-7(2)10-4-5(12-7)11-6(8)9/h5H,3-4H2,1-2H3,(H,8,9). The quantitative estimate of drug-likeness (QED) is 0.640. The van der Waals surface area contributed by atoms with Crippen molar-refractivity contribution in [2.45, 2.75) is 32.3 Å². The average molecular weight is 176 g/mol. The van der Waals surface area contributed by atoms with E-state index in [1.807, 2.05) is 6.92 Å². The van der Waals surface area contributed by atoms with Gasteiger partial charge in [-0.2, -0.15) is 0 Å². The van der Waals surface area contributed by atoms with Gasteiger partial charge >= 0.3 is 6.16 Å². The van der Waals surface area contributed by atoms with Crippen LogP contribution in [0.1, 0.15) is 20.3 Å². The van der Waals surface area contributed by atoms with Crippen LogP contribution in [0, 0.1) is 0 Å². The van der Waals surface area contributed by atoms with Gasteiger partial charge in [0.25, 0.3) is 0 Å². The van der Waals surface area contributed by atoms with Crippen LogP contribution in [0.5, 0.6) is 0 Å². The molecule has 0 aromatic heterocycles. The predicted molar refractivity (Wildman–Crippen MR) is 38.6 cm³/mol. The Balaban J connectivity index is 2.40. The van der Waals surface area contributed by atoms with E-state index in [1.54, 1.807) is 6.92 Å². The molecule has 5 nitrogen and oxygen atoms in total. The lowest BCUT2D eigenvalue weighted by atomic mass is 10.2. The summed E-state index contributed by atoms with van der Waals surface area (Å²) < 4.78 is 14.8. The Labute approximate surface area is 70.2 Å².